The van der Waals surface area contributed by atoms with E-state index in [-0.39, 0.29) is 24.0 Å². The zero-order valence-corrected chi connectivity index (χ0v) is 15.8. The number of aryl methyl sites for hydroxylation is 2. The molecule has 134 valence electrons. The summed E-state index contributed by atoms with van der Waals surface area (Å²) in [6.07, 6.45) is 0. The Morgan fingerprint density at radius 1 is 1.04 bits per heavy atom. The van der Waals surface area contributed by atoms with Crippen LogP contribution < -0.4 is 16.3 Å². The van der Waals surface area contributed by atoms with Crippen molar-refractivity contribution >= 4 is 44.5 Å². The summed E-state index contributed by atoms with van der Waals surface area (Å²) in [5.74, 6) is -0.684. The van der Waals surface area contributed by atoms with Gasteiger partial charge in [0.15, 0.2) is 0 Å². The Morgan fingerprint density at radius 2 is 1.77 bits per heavy atom. The first-order valence-corrected chi connectivity index (χ1v) is 8.65. The molecule has 1 aromatic heterocycles. The molecule has 3 rings (SSSR count). The highest BCUT2D eigenvalue weighted by molar-refractivity contribution is 9.10. The number of halogens is 1. The Morgan fingerprint density at radius 3 is 2.50 bits per heavy atom. The van der Waals surface area contributed by atoms with Crippen LogP contribution in [0, 0.1) is 0 Å². The first-order valence-electron chi connectivity index (χ1n) is 7.86. The molecule has 0 aliphatic heterocycles. The van der Waals surface area contributed by atoms with Crippen molar-refractivity contribution < 1.29 is 9.59 Å². The molecule has 0 saturated heterocycles. The molecule has 2 aromatic carbocycles. The van der Waals surface area contributed by atoms with E-state index in [1.165, 1.54) is 4.57 Å². The number of amides is 2. The smallest absolute Gasteiger partial charge is 0.328 e. The first kappa shape index (κ1) is 17.9. The third-order valence-corrected chi connectivity index (χ3v) is 4.55. The van der Waals surface area contributed by atoms with E-state index in [9.17, 15) is 14.4 Å². The summed E-state index contributed by atoms with van der Waals surface area (Å²) >= 11 is 3.30. The number of benzene rings is 2. The largest absolute Gasteiger partial charge is 0.343 e. The van der Waals surface area contributed by atoms with Crippen LogP contribution in [0.5, 0.6) is 0 Å². The van der Waals surface area contributed by atoms with Crippen molar-refractivity contribution in [1.29, 1.82) is 0 Å². The van der Waals surface area contributed by atoms with E-state index in [0.29, 0.717) is 16.8 Å². The predicted molar refractivity (Wildman–Crippen MR) is 103 cm³/mol. The summed E-state index contributed by atoms with van der Waals surface area (Å²) in [6.45, 7) is -0.156. The lowest BCUT2D eigenvalue weighted by molar-refractivity contribution is -0.115. The van der Waals surface area contributed by atoms with Crippen LogP contribution in [0.4, 0.5) is 5.69 Å². The standard InChI is InChI=1S/C18H17BrN4O3/c1-22-14-7-6-13(9-15(14)23(2)18(22)26)21-16(24)10-20-17(25)11-4-3-5-12(19)8-11/h3-9H,10H2,1-2H3,(H,20,25)(H,21,24). The number of carbonyl (C=O) groups excluding carboxylic acids is 2. The van der Waals surface area contributed by atoms with Crippen molar-refractivity contribution in [3.05, 3.63) is 63.0 Å². The van der Waals surface area contributed by atoms with Crippen LogP contribution in [0.25, 0.3) is 11.0 Å². The number of fused-ring (bicyclic) bond motifs is 1. The van der Waals surface area contributed by atoms with Gasteiger partial charge in [0.05, 0.1) is 17.6 Å². The van der Waals surface area contributed by atoms with Crippen molar-refractivity contribution in [1.82, 2.24) is 14.5 Å². The maximum Gasteiger partial charge on any atom is 0.328 e. The van der Waals surface area contributed by atoms with E-state index in [0.717, 1.165) is 9.99 Å². The highest BCUT2D eigenvalue weighted by atomic mass is 79.9. The third-order valence-electron chi connectivity index (χ3n) is 4.05. The van der Waals surface area contributed by atoms with E-state index < -0.39 is 0 Å². The molecule has 8 heteroatoms. The van der Waals surface area contributed by atoms with Crippen molar-refractivity contribution in [3.63, 3.8) is 0 Å². The minimum atomic E-state index is -0.353. The zero-order valence-electron chi connectivity index (χ0n) is 14.2. The molecule has 0 fully saturated rings. The van der Waals surface area contributed by atoms with Gasteiger partial charge in [0.25, 0.3) is 5.91 Å². The van der Waals surface area contributed by atoms with Crippen LogP contribution in [0.2, 0.25) is 0 Å². The lowest BCUT2D eigenvalue weighted by atomic mass is 10.2. The molecule has 0 atom stereocenters. The summed E-state index contributed by atoms with van der Waals surface area (Å²) in [6, 6.07) is 12.1. The molecule has 0 bridgehead atoms. The van der Waals surface area contributed by atoms with Gasteiger partial charge in [0.2, 0.25) is 5.91 Å². The second-order valence-electron chi connectivity index (χ2n) is 5.85. The molecular formula is C18H17BrN4O3. The van der Waals surface area contributed by atoms with Crippen LogP contribution in [-0.2, 0) is 18.9 Å². The normalized spacial score (nSPS) is 10.7. The molecule has 3 aromatic rings. The van der Waals surface area contributed by atoms with Crippen LogP contribution in [0.15, 0.2) is 51.7 Å². The molecule has 0 spiro atoms. The summed E-state index contributed by atoms with van der Waals surface area (Å²) in [5, 5.41) is 5.30. The fourth-order valence-electron chi connectivity index (χ4n) is 2.68. The van der Waals surface area contributed by atoms with Crippen LogP contribution in [0.1, 0.15) is 10.4 Å². The minimum absolute atomic E-state index is 0.134. The van der Waals surface area contributed by atoms with Crippen LogP contribution in [-0.4, -0.2) is 27.5 Å². The van der Waals surface area contributed by atoms with E-state index in [1.807, 2.05) is 6.07 Å². The summed E-state index contributed by atoms with van der Waals surface area (Å²) in [5.41, 5.74) is 2.38. The molecule has 0 radical (unpaired) electrons. The van der Waals surface area contributed by atoms with Gasteiger partial charge in [0.1, 0.15) is 0 Å². The number of aromatic nitrogens is 2. The molecule has 2 amide bonds. The number of carbonyl (C=O) groups is 2. The van der Waals surface area contributed by atoms with Gasteiger partial charge in [-0.2, -0.15) is 0 Å². The zero-order chi connectivity index (χ0) is 18.8. The SMILES string of the molecule is Cn1c(=O)n(C)c2cc(NC(=O)CNC(=O)c3cccc(Br)c3)ccc21. The van der Waals surface area contributed by atoms with E-state index in [2.05, 4.69) is 26.6 Å². The van der Waals surface area contributed by atoms with Gasteiger partial charge in [-0.1, -0.05) is 22.0 Å². The fraction of sp³-hybridized carbons (Fsp3) is 0.167. The Kier molecular flexibility index (Phi) is 4.94. The molecule has 2 N–H and O–H groups in total. The summed E-state index contributed by atoms with van der Waals surface area (Å²) in [7, 11) is 3.37. The summed E-state index contributed by atoms with van der Waals surface area (Å²) in [4.78, 5) is 36.1. The first-order chi connectivity index (χ1) is 12.4. The maximum atomic E-state index is 12.1. The number of rotatable bonds is 4. The van der Waals surface area contributed by atoms with Crippen LogP contribution in [0.3, 0.4) is 0 Å². The van der Waals surface area contributed by atoms with E-state index in [4.69, 9.17) is 0 Å². The second kappa shape index (κ2) is 7.17. The van der Waals surface area contributed by atoms with Crippen molar-refractivity contribution in [2.45, 2.75) is 0 Å². The molecule has 1 heterocycles. The van der Waals surface area contributed by atoms with Gasteiger partial charge in [-0.05, 0) is 36.4 Å². The monoisotopic (exact) mass is 416 g/mol. The number of imidazole rings is 1. The fourth-order valence-corrected chi connectivity index (χ4v) is 3.08. The number of anilines is 1. The summed E-state index contributed by atoms with van der Waals surface area (Å²) < 4.78 is 3.84. The van der Waals surface area contributed by atoms with Crippen LogP contribution >= 0.6 is 15.9 Å². The van der Waals surface area contributed by atoms with Gasteiger partial charge in [0, 0.05) is 29.8 Å². The average molecular weight is 417 g/mol. The number of hydrogen-bond acceptors (Lipinski definition) is 3. The lowest BCUT2D eigenvalue weighted by Crippen LogP contribution is -2.32. The Labute approximate surface area is 157 Å². The molecule has 0 unspecified atom stereocenters. The van der Waals surface area contributed by atoms with Crippen molar-refractivity contribution in [2.24, 2.45) is 14.1 Å². The van der Waals surface area contributed by atoms with Gasteiger partial charge in [-0.25, -0.2) is 4.79 Å². The quantitative estimate of drug-likeness (QED) is 0.681. The Bertz CT molecular complexity index is 1070. The van der Waals surface area contributed by atoms with Gasteiger partial charge in [-0.3, -0.25) is 18.7 Å². The maximum absolute atomic E-state index is 12.1. The van der Waals surface area contributed by atoms with Crippen molar-refractivity contribution in [3.8, 4) is 0 Å². The van der Waals surface area contributed by atoms with Gasteiger partial charge in [-0.15, -0.1) is 0 Å². The second-order valence-corrected chi connectivity index (χ2v) is 6.76. The molecular weight excluding hydrogens is 400 g/mol. The van der Waals surface area contributed by atoms with E-state index in [1.54, 1.807) is 55.1 Å². The number of nitrogens with zero attached hydrogens (tertiary/aromatic N) is 2. The van der Waals surface area contributed by atoms with Gasteiger partial charge >= 0.3 is 5.69 Å². The molecule has 7 nitrogen and oxygen atoms in total. The minimum Gasteiger partial charge on any atom is -0.343 e. The predicted octanol–water partition coefficient (Wildman–Crippen LogP) is 2.01. The van der Waals surface area contributed by atoms with E-state index >= 15 is 0 Å². The number of nitrogens with one attached hydrogen (secondary N) is 2. The average Bonchev–Trinajstić information content (AvgIpc) is 2.84. The lowest BCUT2D eigenvalue weighted by Gasteiger charge is -2.08. The Balaban J connectivity index is 1.66. The number of hydrogen-bond donors (Lipinski definition) is 2. The highest BCUT2D eigenvalue weighted by Gasteiger charge is 2.11. The Hall–Kier alpha value is -2.87. The molecule has 26 heavy (non-hydrogen) atoms. The van der Waals surface area contributed by atoms with Crippen molar-refractivity contribution in [2.75, 3.05) is 11.9 Å². The molecule has 0 aliphatic rings. The van der Waals surface area contributed by atoms with Gasteiger partial charge < -0.3 is 10.6 Å². The topological polar surface area (TPSA) is 85.1 Å². The molecule has 0 saturated carbocycles. The molecule has 0 aliphatic carbocycles. The third kappa shape index (κ3) is 3.55. The highest BCUT2D eigenvalue weighted by Crippen LogP contribution is 2.17.